The zero-order chi connectivity index (χ0) is 36.1. The standard InChI is InChI=1S/C50H34N2O2/c1-50(2,3)49-44(51-45-38-18-6-4-14-34(38)35-15-5-7-19-39(35)46(45)52-49)31-27-29(32-20-12-22-40-36-16-8-10-24-42(36)53-47(32)40)26-30(28-31)33-21-13-23-41-37-17-9-11-25-43(37)54-48(33)41/h4-28H,1-3H3. The summed E-state index contributed by atoms with van der Waals surface area (Å²) in [6, 6.07) is 53.3. The van der Waals surface area contributed by atoms with Gasteiger partial charge >= 0.3 is 0 Å². The van der Waals surface area contributed by atoms with E-state index in [9.17, 15) is 0 Å². The van der Waals surface area contributed by atoms with Gasteiger partial charge in [0.05, 0.1) is 22.4 Å². The maximum atomic E-state index is 6.62. The summed E-state index contributed by atoms with van der Waals surface area (Å²) in [4.78, 5) is 11.2. The van der Waals surface area contributed by atoms with E-state index in [-0.39, 0.29) is 5.41 Å². The molecule has 0 amide bonds. The molecule has 0 aliphatic carbocycles. The fourth-order valence-corrected chi connectivity index (χ4v) is 8.41. The Hall–Kier alpha value is -6.78. The molecule has 0 saturated carbocycles. The van der Waals surface area contributed by atoms with Gasteiger partial charge in [-0.05, 0) is 52.2 Å². The molecular weight excluding hydrogens is 661 g/mol. The minimum absolute atomic E-state index is 0.309. The summed E-state index contributed by atoms with van der Waals surface area (Å²) >= 11 is 0. The number of hydrogen-bond acceptors (Lipinski definition) is 4. The van der Waals surface area contributed by atoms with Gasteiger partial charge in [0.1, 0.15) is 22.3 Å². The van der Waals surface area contributed by atoms with E-state index in [0.29, 0.717) is 0 Å². The van der Waals surface area contributed by atoms with Crippen LogP contribution in [0, 0.1) is 0 Å². The van der Waals surface area contributed by atoms with Crippen molar-refractivity contribution in [2.75, 3.05) is 0 Å². The maximum Gasteiger partial charge on any atom is 0.143 e. The molecule has 3 heterocycles. The van der Waals surface area contributed by atoms with Crippen molar-refractivity contribution in [3.05, 3.63) is 157 Å². The van der Waals surface area contributed by atoms with Crippen LogP contribution in [0.3, 0.4) is 0 Å². The number of para-hydroxylation sites is 4. The van der Waals surface area contributed by atoms with Crippen molar-refractivity contribution in [1.29, 1.82) is 0 Å². The Morgan fingerprint density at radius 3 is 1.30 bits per heavy atom. The van der Waals surface area contributed by atoms with E-state index in [1.165, 1.54) is 10.8 Å². The zero-order valence-corrected chi connectivity index (χ0v) is 30.1. The Morgan fingerprint density at radius 2 is 0.796 bits per heavy atom. The van der Waals surface area contributed by atoms with Gasteiger partial charge in [-0.3, -0.25) is 0 Å². The van der Waals surface area contributed by atoms with E-state index >= 15 is 0 Å². The van der Waals surface area contributed by atoms with Crippen LogP contribution in [0.25, 0.3) is 110 Å². The molecule has 256 valence electrons. The lowest BCUT2D eigenvalue weighted by Crippen LogP contribution is -2.16. The van der Waals surface area contributed by atoms with Crippen LogP contribution in [0.1, 0.15) is 26.5 Å². The fourth-order valence-electron chi connectivity index (χ4n) is 8.41. The molecule has 4 heteroatoms. The van der Waals surface area contributed by atoms with Crippen LogP contribution in [0.2, 0.25) is 0 Å². The van der Waals surface area contributed by atoms with E-state index in [2.05, 4.69) is 148 Å². The van der Waals surface area contributed by atoms with Gasteiger partial charge in [0, 0.05) is 54.4 Å². The van der Waals surface area contributed by atoms with Crippen LogP contribution >= 0.6 is 0 Å². The first-order valence-corrected chi connectivity index (χ1v) is 18.5. The Bertz CT molecular complexity index is 3190. The normalized spacial score (nSPS) is 12.4. The summed E-state index contributed by atoms with van der Waals surface area (Å²) < 4.78 is 13.2. The van der Waals surface area contributed by atoms with Crippen molar-refractivity contribution >= 4 is 76.5 Å². The number of aromatic nitrogens is 2. The molecule has 0 aliphatic heterocycles. The molecule has 0 unspecified atom stereocenters. The highest BCUT2D eigenvalue weighted by molar-refractivity contribution is 6.23. The van der Waals surface area contributed by atoms with Gasteiger partial charge in [-0.25, -0.2) is 9.97 Å². The second kappa shape index (κ2) is 11.4. The monoisotopic (exact) mass is 694 g/mol. The largest absolute Gasteiger partial charge is 0.455 e. The summed E-state index contributed by atoms with van der Waals surface area (Å²) in [5, 5.41) is 8.95. The molecule has 54 heavy (non-hydrogen) atoms. The van der Waals surface area contributed by atoms with E-state index in [4.69, 9.17) is 18.8 Å². The number of rotatable bonds is 3. The first-order chi connectivity index (χ1) is 26.4. The summed E-state index contributed by atoms with van der Waals surface area (Å²) in [5.74, 6) is 0. The molecule has 0 N–H and O–H groups in total. The molecule has 0 aliphatic rings. The lowest BCUT2D eigenvalue weighted by Gasteiger charge is -2.23. The minimum Gasteiger partial charge on any atom is -0.455 e. The summed E-state index contributed by atoms with van der Waals surface area (Å²) in [6.07, 6.45) is 0. The minimum atomic E-state index is -0.309. The van der Waals surface area contributed by atoms with Gasteiger partial charge < -0.3 is 8.83 Å². The topological polar surface area (TPSA) is 52.1 Å². The number of nitrogens with zero attached hydrogens (tertiary/aromatic N) is 2. The van der Waals surface area contributed by atoms with Gasteiger partial charge in [-0.1, -0.05) is 142 Å². The summed E-state index contributed by atoms with van der Waals surface area (Å²) in [5.41, 5.74) is 11.9. The van der Waals surface area contributed by atoms with Crippen molar-refractivity contribution in [3.63, 3.8) is 0 Å². The maximum absolute atomic E-state index is 6.62. The van der Waals surface area contributed by atoms with Crippen molar-refractivity contribution < 1.29 is 8.83 Å². The second-order valence-corrected chi connectivity index (χ2v) is 15.3. The van der Waals surface area contributed by atoms with Crippen LogP contribution in [0.15, 0.2) is 160 Å². The first kappa shape index (κ1) is 30.8. The van der Waals surface area contributed by atoms with Gasteiger partial charge in [0.25, 0.3) is 0 Å². The number of hydrogen-bond donors (Lipinski definition) is 0. The molecule has 0 saturated heterocycles. The second-order valence-electron chi connectivity index (χ2n) is 15.3. The lowest BCUT2D eigenvalue weighted by atomic mass is 9.86. The van der Waals surface area contributed by atoms with Crippen molar-refractivity contribution in [2.24, 2.45) is 0 Å². The van der Waals surface area contributed by atoms with Gasteiger partial charge in [-0.15, -0.1) is 0 Å². The van der Waals surface area contributed by atoms with Crippen LogP contribution in [-0.4, -0.2) is 9.97 Å². The summed E-state index contributed by atoms with van der Waals surface area (Å²) in [7, 11) is 0. The van der Waals surface area contributed by atoms with Crippen LogP contribution in [0.5, 0.6) is 0 Å². The third kappa shape index (κ3) is 4.56. The molecule has 0 atom stereocenters. The molecule has 11 rings (SSSR count). The fraction of sp³-hybridized carbons (Fsp3) is 0.0800. The predicted molar refractivity (Wildman–Crippen MR) is 224 cm³/mol. The van der Waals surface area contributed by atoms with E-state index < -0.39 is 0 Å². The quantitative estimate of drug-likeness (QED) is 0.173. The molecule has 3 aromatic heterocycles. The molecule has 0 fully saturated rings. The predicted octanol–water partition coefficient (Wildman–Crippen LogP) is 14.0. The SMILES string of the molecule is CC(C)(C)c1nc2c3ccccc3c3ccccc3c2nc1-c1cc(-c2cccc3c2oc2ccccc23)cc(-c2cccc3c2oc2ccccc23)c1. The smallest absolute Gasteiger partial charge is 0.143 e. The van der Waals surface area contributed by atoms with Crippen LogP contribution in [-0.2, 0) is 5.41 Å². The van der Waals surface area contributed by atoms with Crippen LogP contribution < -0.4 is 0 Å². The van der Waals surface area contributed by atoms with Crippen molar-refractivity contribution in [1.82, 2.24) is 9.97 Å². The molecule has 0 radical (unpaired) electrons. The molecule has 8 aromatic carbocycles. The number of furan rings is 2. The molecule has 0 spiro atoms. The third-order valence-corrected chi connectivity index (χ3v) is 10.9. The van der Waals surface area contributed by atoms with E-state index in [1.54, 1.807) is 0 Å². The highest BCUT2D eigenvalue weighted by Gasteiger charge is 2.26. The molecular formula is C50H34N2O2. The average Bonchev–Trinajstić information content (AvgIpc) is 3.79. The van der Waals surface area contributed by atoms with E-state index in [0.717, 1.165) is 105 Å². The number of benzene rings is 8. The molecule has 0 bridgehead atoms. The Kier molecular flexibility index (Phi) is 6.48. The first-order valence-electron chi connectivity index (χ1n) is 18.5. The van der Waals surface area contributed by atoms with Gasteiger partial charge in [0.2, 0.25) is 0 Å². The van der Waals surface area contributed by atoms with E-state index in [1.807, 2.05) is 24.3 Å². The zero-order valence-electron chi connectivity index (χ0n) is 30.1. The average molecular weight is 695 g/mol. The van der Waals surface area contributed by atoms with Crippen LogP contribution in [0.4, 0.5) is 0 Å². The Morgan fingerprint density at radius 1 is 0.389 bits per heavy atom. The third-order valence-electron chi connectivity index (χ3n) is 10.9. The number of fused-ring (bicyclic) bond motifs is 12. The lowest BCUT2D eigenvalue weighted by molar-refractivity contribution is 0.571. The highest BCUT2D eigenvalue weighted by atomic mass is 16.3. The highest BCUT2D eigenvalue weighted by Crippen LogP contribution is 2.44. The molecule has 4 nitrogen and oxygen atoms in total. The summed E-state index contributed by atoms with van der Waals surface area (Å²) in [6.45, 7) is 6.68. The van der Waals surface area contributed by atoms with Gasteiger partial charge in [-0.2, -0.15) is 0 Å². The molecule has 11 aromatic rings. The van der Waals surface area contributed by atoms with Crippen molar-refractivity contribution in [3.8, 4) is 33.5 Å². The Labute approximate surface area is 311 Å². The Balaban J connectivity index is 1.26. The van der Waals surface area contributed by atoms with Crippen molar-refractivity contribution in [2.45, 2.75) is 26.2 Å². The van der Waals surface area contributed by atoms with Gasteiger partial charge in [0.15, 0.2) is 0 Å².